The van der Waals surface area contributed by atoms with Crippen LogP contribution in [0, 0.1) is 6.92 Å². The highest BCUT2D eigenvalue weighted by molar-refractivity contribution is 7.10. The standard InChI is InChI=1S/C24H22ClN3O2S/c1-15-13-17(25)10-11-21(15)28-23(26-20-9-5-4-8-19(20)24(28)30)16(2)27(3)22(29)14-18-7-6-12-31-18/h4-13,16H,14H2,1-3H3. The van der Waals surface area contributed by atoms with E-state index in [0.29, 0.717) is 33.9 Å². The SMILES string of the molecule is Cc1cc(Cl)ccc1-n1c(C(C)N(C)C(=O)Cc2cccs2)nc2ccccc2c1=O. The minimum Gasteiger partial charge on any atom is -0.336 e. The summed E-state index contributed by atoms with van der Waals surface area (Å²) in [6.07, 6.45) is 0.316. The van der Waals surface area contributed by atoms with E-state index in [9.17, 15) is 9.59 Å². The summed E-state index contributed by atoms with van der Waals surface area (Å²) >= 11 is 7.70. The summed E-state index contributed by atoms with van der Waals surface area (Å²) in [6, 6.07) is 16.1. The van der Waals surface area contributed by atoms with Crippen LogP contribution in [0.15, 0.2) is 64.8 Å². The van der Waals surface area contributed by atoms with Crippen molar-refractivity contribution in [1.29, 1.82) is 0 Å². The third-order valence-corrected chi connectivity index (χ3v) is 6.57. The zero-order valence-electron chi connectivity index (χ0n) is 17.5. The van der Waals surface area contributed by atoms with Gasteiger partial charge in [0.15, 0.2) is 0 Å². The number of aryl methyl sites for hydroxylation is 1. The molecule has 0 radical (unpaired) electrons. The first-order valence-electron chi connectivity index (χ1n) is 9.93. The minimum atomic E-state index is -0.417. The number of nitrogens with zero attached hydrogens (tertiary/aromatic N) is 3. The Morgan fingerprint density at radius 3 is 2.68 bits per heavy atom. The van der Waals surface area contributed by atoms with E-state index < -0.39 is 6.04 Å². The van der Waals surface area contributed by atoms with E-state index in [1.165, 1.54) is 0 Å². The highest BCUT2D eigenvalue weighted by atomic mass is 35.5. The fourth-order valence-corrected chi connectivity index (χ4v) is 4.53. The number of carbonyl (C=O) groups is 1. The Bertz CT molecular complexity index is 1310. The maximum Gasteiger partial charge on any atom is 0.266 e. The van der Waals surface area contributed by atoms with E-state index in [0.717, 1.165) is 10.4 Å². The van der Waals surface area contributed by atoms with E-state index in [1.807, 2.05) is 61.7 Å². The van der Waals surface area contributed by atoms with E-state index in [1.54, 1.807) is 40.0 Å². The molecule has 2 aromatic carbocycles. The maximum absolute atomic E-state index is 13.5. The van der Waals surface area contributed by atoms with Gasteiger partial charge < -0.3 is 4.90 Å². The average molecular weight is 452 g/mol. The van der Waals surface area contributed by atoms with Crippen molar-refractivity contribution < 1.29 is 4.79 Å². The second-order valence-corrected chi connectivity index (χ2v) is 8.96. The Hall–Kier alpha value is -2.96. The van der Waals surface area contributed by atoms with Crippen molar-refractivity contribution in [2.75, 3.05) is 7.05 Å². The van der Waals surface area contributed by atoms with Gasteiger partial charge in [-0.2, -0.15) is 0 Å². The number of thiophene rings is 1. The zero-order chi connectivity index (χ0) is 22.1. The number of rotatable bonds is 5. The molecule has 0 spiro atoms. The van der Waals surface area contributed by atoms with Crippen LogP contribution in [0.1, 0.15) is 29.2 Å². The van der Waals surface area contributed by atoms with Crippen LogP contribution in [0.3, 0.4) is 0 Å². The van der Waals surface area contributed by atoms with Crippen molar-refractivity contribution >= 4 is 39.7 Å². The van der Waals surface area contributed by atoms with Crippen molar-refractivity contribution in [2.45, 2.75) is 26.3 Å². The molecule has 2 aromatic heterocycles. The number of hydrogen-bond donors (Lipinski definition) is 0. The van der Waals surface area contributed by atoms with Crippen LogP contribution in [0.4, 0.5) is 0 Å². The third kappa shape index (κ3) is 4.13. The number of fused-ring (bicyclic) bond motifs is 1. The fourth-order valence-electron chi connectivity index (χ4n) is 3.61. The second-order valence-electron chi connectivity index (χ2n) is 7.50. The van der Waals surface area contributed by atoms with Crippen LogP contribution >= 0.6 is 22.9 Å². The molecule has 4 rings (SSSR count). The Labute approximate surface area is 189 Å². The van der Waals surface area contributed by atoms with Gasteiger partial charge in [-0.3, -0.25) is 14.2 Å². The summed E-state index contributed by atoms with van der Waals surface area (Å²) in [6.45, 7) is 3.80. The molecular formula is C24H22ClN3O2S. The van der Waals surface area contributed by atoms with Gasteiger partial charge in [-0.15, -0.1) is 11.3 Å². The van der Waals surface area contributed by atoms with Crippen LogP contribution in [0.5, 0.6) is 0 Å². The number of para-hydroxylation sites is 1. The quantitative estimate of drug-likeness (QED) is 0.420. The number of hydrogen-bond acceptors (Lipinski definition) is 4. The molecule has 31 heavy (non-hydrogen) atoms. The van der Waals surface area contributed by atoms with Crippen molar-refractivity contribution in [3.05, 3.63) is 91.6 Å². The molecular weight excluding hydrogens is 430 g/mol. The molecule has 0 fully saturated rings. The molecule has 0 bridgehead atoms. The molecule has 2 heterocycles. The lowest BCUT2D eigenvalue weighted by Crippen LogP contribution is -2.35. The van der Waals surface area contributed by atoms with Gasteiger partial charge in [0, 0.05) is 16.9 Å². The zero-order valence-corrected chi connectivity index (χ0v) is 19.1. The molecule has 0 aliphatic heterocycles. The Balaban J connectivity index is 1.85. The summed E-state index contributed by atoms with van der Waals surface area (Å²) in [4.78, 5) is 33.9. The van der Waals surface area contributed by atoms with Crippen LogP contribution in [-0.2, 0) is 11.2 Å². The van der Waals surface area contributed by atoms with E-state index in [2.05, 4.69) is 0 Å². The molecule has 1 unspecified atom stereocenters. The highest BCUT2D eigenvalue weighted by Crippen LogP contribution is 2.25. The third-order valence-electron chi connectivity index (χ3n) is 5.45. The number of likely N-dealkylation sites (N-methyl/N-ethyl adjacent to an activating group) is 1. The van der Waals surface area contributed by atoms with Crippen LogP contribution in [0.2, 0.25) is 5.02 Å². The predicted molar refractivity (Wildman–Crippen MR) is 126 cm³/mol. The molecule has 158 valence electrons. The lowest BCUT2D eigenvalue weighted by atomic mass is 10.1. The van der Waals surface area contributed by atoms with Gasteiger partial charge in [-0.05, 0) is 61.2 Å². The number of amides is 1. The van der Waals surface area contributed by atoms with Gasteiger partial charge in [-0.25, -0.2) is 4.98 Å². The molecule has 1 amide bonds. The van der Waals surface area contributed by atoms with Crippen LogP contribution in [-0.4, -0.2) is 27.4 Å². The molecule has 1 atom stereocenters. The summed E-state index contributed by atoms with van der Waals surface area (Å²) in [5.74, 6) is 0.480. The Kier molecular flexibility index (Phi) is 5.94. The number of benzene rings is 2. The van der Waals surface area contributed by atoms with Gasteiger partial charge in [0.25, 0.3) is 5.56 Å². The lowest BCUT2D eigenvalue weighted by Gasteiger charge is -2.27. The molecule has 0 aliphatic carbocycles. The topological polar surface area (TPSA) is 55.2 Å². The normalized spacial score (nSPS) is 12.1. The highest BCUT2D eigenvalue weighted by Gasteiger charge is 2.25. The second kappa shape index (κ2) is 8.65. The van der Waals surface area contributed by atoms with E-state index in [-0.39, 0.29) is 11.5 Å². The van der Waals surface area contributed by atoms with E-state index in [4.69, 9.17) is 16.6 Å². The number of carbonyl (C=O) groups excluding carboxylic acids is 1. The smallest absolute Gasteiger partial charge is 0.266 e. The minimum absolute atomic E-state index is 0.0308. The Morgan fingerprint density at radius 2 is 1.97 bits per heavy atom. The fraction of sp³-hybridized carbons (Fsp3) is 0.208. The summed E-state index contributed by atoms with van der Waals surface area (Å²) in [5, 5.41) is 3.08. The first-order chi connectivity index (χ1) is 14.9. The first kappa shape index (κ1) is 21.3. The van der Waals surface area contributed by atoms with Gasteiger partial charge in [0.05, 0.1) is 29.1 Å². The van der Waals surface area contributed by atoms with Crippen molar-refractivity contribution in [3.8, 4) is 5.69 Å². The Morgan fingerprint density at radius 1 is 1.19 bits per heavy atom. The van der Waals surface area contributed by atoms with Gasteiger partial charge in [0.1, 0.15) is 5.82 Å². The maximum atomic E-state index is 13.5. The molecule has 0 saturated heterocycles. The molecule has 4 aromatic rings. The largest absolute Gasteiger partial charge is 0.336 e. The summed E-state index contributed by atoms with van der Waals surface area (Å²) in [5.41, 5.74) is 2.00. The van der Waals surface area contributed by atoms with Crippen LogP contribution in [0.25, 0.3) is 16.6 Å². The van der Waals surface area contributed by atoms with Gasteiger partial charge in [-0.1, -0.05) is 29.8 Å². The number of halogens is 1. The first-order valence-corrected chi connectivity index (χ1v) is 11.2. The molecule has 5 nitrogen and oxygen atoms in total. The molecule has 0 saturated carbocycles. The van der Waals surface area contributed by atoms with Gasteiger partial charge >= 0.3 is 0 Å². The van der Waals surface area contributed by atoms with Crippen LogP contribution < -0.4 is 5.56 Å². The van der Waals surface area contributed by atoms with Crippen molar-refractivity contribution in [3.63, 3.8) is 0 Å². The van der Waals surface area contributed by atoms with E-state index >= 15 is 0 Å². The summed E-state index contributed by atoms with van der Waals surface area (Å²) in [7, 11) is 1.75. The summed E-state index contributed by atoms with van der Waals surface area (Å²) < 4.78 is 1.60. The predicted octanol–water partition coefficient (Wildman–Crippen LogP) is 5.17. The van der Waals surface area contributed by atoms with Crippen molar-refractivity contribution in [1.82, 2.24) is 14.5 Å². The number of aromatic nitrogens is 2. The average Bonchev–Trinajstić information content (AvgIpc) is 3.26. The lowest BCUT2D eigenvalue weighted by molar-refractivity contribution is -0.131. The molecule has 0 aliphatic rings. The molecule has 0 N–H and O–H groups in total. The molecule has 7 heteroatoms. The van der Waals surface area contributed by atoms with Crippen molar-refractivity contribution in [2.24, 2.45) is 0 Å². The monoisotopic (exact) mass is 451 g/mol. The van der Waals surface area contributed by atoms with Gasteiger partial charge in [0.2, 0.25) is 5.91 Å².